The molecular formula is C20H22N2O2S. The van der Waals surface area contributed by atoms with Crippen LogP contribution in [0.4, 0.5) is 0 Å². The summed E-state index contributed by atoms with van der Waals surface area (Å²) < 4.78 is 8.74. The highest BCUT2D eigenvalue weighted by Gasteiger charge is 2.11. The van der Waals surface area contributed by atoms with Gasteiger partial charge >= 0.3 is 0 Å². The SMILES string of the molecule is CCOCCn1c(=NC(=O)c2ccc(C)cc2)sc2cccc(C)c21. The number of thiazole rings is 1. The number of para-hydroxylation sites is 1. The Hall–Kier alpha value is -2.24. The van der Waals surface area contributed by atoms with Crippen molar-refractivity contribution < 1.29 is 9.53 Å². The standard InChI is InChI=1S/C20H22N2O2S/c1-4-24-13-12-22-18-15(3)6-5-7-17(18)25-20(22)21-19(23)16-10-8-14(2)9-11-16/h5-11H,4,12-13H2,1-3H3. The summed E-state index contributed by atoms with van der Waals surface area (Å²) in [5, 5.41) is 0. The fourth-order valence-electron chi connectivity index (χ4n) is 2.75. The Morgan fingerprint density at radius 2 is 1.92 bits per heavy atom. The number of carbonyl (C=O) groups is 1. The fraction of sp³-hybridized carbons (Fsp3) is 0.300. The number of benzene rings is 2. The van der Waals surface area contributed by atoms with Gasteiger partial charge in [0.2, 0.25) is 0 Å². The minimum Gasteiger partial charge on any atom is -0.380 e. The number of hydrogen-bond donors (Lipinski definition) is 0. The third kappa shape index (κ3) is 3.89. The topological polar surface area (TPSA) is 43.6 Å². The molecule has 0 bridgehead atoms. The van der Waals surface area contributed by atoms with E-state index >= 15 is 0 Å². The molecule has 5 heteroatoms. The van der Waals surface area contributed by atoms with Gasteiger partial charge in [-0.25, -0.2) is 0 Å². The quantitative estimate of drug-likeness (QED) is 0.648. The zero-order valence-electron chi connectivity index (χ0n) is 14.8. The van der Waals surface area contributed by atoms with Crippen molar-refractivity contribution in [3.63, 3.8) is 0 Å². The van der Waals surface area contributed by atoms with Gasteiger partial charge in [-0.15, -0.1) is 0 Å². The highest BCUT2D eigenvalue weighted by atomic mass is 32.1. The molecule has 1 amide bonds. The predicted octanol–water partition coefficient (Wildman–Crippen LogP) is 4.10. The molecule has 0 aliphatic carbocycles. The van der Waals surface area contributed by atoms with E-state index in [0.717, 1.165) is 20.6 Å². The van der Waals surface area contributed by atoms with E-state index in [2.05, 4.69) is 28.6 Å². The van der Waals surface area contributed by atoms with Crippen molar-refractivity contribution in [3.05, 3.63) is 64.0 Å². The third-order valence-corrected chi connectivity index (χ3v) is 5.11. The van der Waals surface area contributed by atoms with Gasteiger partial charge in [-0.2, -0.15) is 4.99 Å². The van der Waals surface area contributed by atoms with Gasteiger partial charge in [-0.1, -0.05) is 41.2 Å². The Kier molecular flexibility index (Phi) is 5.46. The monoisotopic (exact) mass is 354 g/mol. The summed E-state index contributed by atoms with van der Waals surface area (Å²) in [4.78, 5) is 17.7. The zero-order chi connectivity index (χ0) is 17.8. The van der Waals surface area contributed by atoms with Gasteiger partial charge in [0.15, 0.2) is 4.80 Å². The number of aromatic nitrogens is 1. The first-order valence-corrected chi connectivity index (χ1v) is 9.24. The normalized spacial score (nSPS) is 12.0. The lowest BCUT2D eigenvalue weighted by atomic mass is 10.1. The lowest BCUT2D eigenvalue weighted by Gasteiger charge is -2.07. The van der Waals surface area contributed by atoms with Gasteiger partial charge in [-0.3, -0.25) is 4.79 Å². The zero-order valence-corrected chi connectivity index (χ0v) is 15.6. The molecule has 0 aliphatic rings. The molecule has 1 heterocycles. The summed E-state index contributed by atoms with van der Waals surface area (Å²) in [6.45, 7) is 8.02. The number of nitrogens with zero attached hydrogens (tertiary/aromatic N) is 2. The molecule has 0 radical (unpaired) electrons. The second-order valence-electron chi connectivity index (χ2n) is 5.94. The van der Waals surface area contributed by atoms with E-state index in [0.29, 0.717) is 25.3 Å². The molecule has 0 spiro atoms. The van der Waals surface area contributed by atoms with Crippen LogP contribution in [0.5, 0.6) is 0 Å². The van der Waals surface area contributed by atoms with Crippen LogP contribution >= 0.6 is 11.3 Å². The molecule has 0 atom stereocenters. The highest BCUT2D eigenvalue weighted by Crippen LogP contribution is 2.21. The number of rotatable bonds is 5. The van der Waals surface area contributed by atoms with E-state index in [1.807, 2.05) is 44.2 Å². The Morgan fingerprint density at radius 1 is 1.16 bits per heavy atom. The van der Waals surface area contributed by atoms with E-state index in [9.17, 15) is 4.79 Å². The van der Waals surface area contributed by atoms with Crippen LogP contribution in [-0.4, -0.2) is 23.7 Å². The molecule has 3 aromatic rings. The largest absolute Gasteiger partial charge is 0.380 e. The van der Waals surface area contributed by atoms with Crippen molar-refractivity contribution >= 4 is 27.5 Å². The van der Waals surface area contributed by atoms with E-state index < -0.39 is 0 Å². The first kappa shape index (κ1) is 17.6. The molecule has 0 aliphatic heterocycles. The van der Waals surface area contributed by atoms with Gasteiger partial charge in [0, 0.05) is 18.7 Å². The van der Waals surface area contributed by atoms with Crippen LogP contribution in [-0.2, 0) is 11.3 Å². The van der Waals surface area contributed by atoms with E-state index in [4.69, 9.17) is 4.74 Å². The molecule has 0 unspecified atom stereocenters. The lowest BCUT2D eigenvalue weighted by molar-refractivity contribution is 0.0996. The van der Waals surface area contributed by atoms with Crippen molar-refractivity contribution in [1.82, 2.24) is 4.57 Å². The van der Waals surface area contributed by atoms with Crippen LogP contribution in [0.15, 0.2) is 47.5 Å². The van der Waals surface area contributed by atoms with Gasteiger partial charge in [0.25, 0.3) is 5.91 Å². The van der Waals surface area contributed by atoms with Crippen LogP contribution in [0.2, 0.25) is 0 Å². The second-order valence-corrected chi connectivity index (χ2v) is 6.95. The lowest BCUT2D eigenvalue weighted by Crippen LogP contribution is -2.20. The number of aryl methyl sites for hydroxylation is 2. The van der Waals surface area contributed by atoms with E-state index in [1.165, 1.54) is 5.56 Å². The molecule has 25 heavy (non-hydrogen) atoms. The van der Waals surface area contributed by atoms with Crippen LogP contribution in [0.25, 0.3) is 10.2 Å². The molecule has 0 N–H and O–H groups in total. The second kappa shape index (κ2) is 7.76. The van der Waals surface area contributed by atoms with Gasteiger partial charge in [0.05, 0.1) is 16.8 Å². The minimum absolute atomic E-state index is 0.214. The first-order chi connectivity index (χ1) is 12.1. The van der Waals surface area contributed by atoms with E-state index in [1.54, 1.807) is 11.3 Å². The number of hydrogen-bond acceptors (Lipinski definition) is 3. The molecule has 1 aromatic heterocycles. The molecule has 2 aromatic carbocycles. The van der Waals surface area contributed by atoms with Gasteiger partial charge in [0.1, 0.15) is 0 Å². The third-order valence-electron chi connectivity index (χ3n) is 4.06. The molecule has 0 fully saturated rings. The molecular weight excluding hydrogens is 332 g/mol. The highest BCUT2D eigenvalue weighted by molar-refractivity contribution is 7.16. The minimum atomic E-state index is -0.214. The molecule has 0 saturated heterocycles. The van der Waals surface area contributed by atoms with Crippen LogP contribution in [0.1, 0.15) is 28.4 Å². The molecule has 0 saturated carbocycles. The van der Waals surface area contributed by atoms with Crippen molar-refractivity contribution in [2.24, 2.45) is 4.99 Å². The number of ether oxygens (including phenoxy) is 1. The maximum absolute atomic E-state index is 12.6. The van der Waals surface area contributed by atoms with Crippen LogP contribution < -0.4 is 4.80 Å². The Morgan fingerprint density at radius 3 is 2.64 bits per heavy atom. The number of fused-ring (bicyclic) bond motifs is 1. The average Bonchev–Trinajstić information content (AvgIpc) is 2.94. The molecule has 3 rings (SSSR count). The first-order valence-electron chi connectivity index (χ1n) is 8.42. The number of amides is 1. The maximum atomic E-state index is 12.6. The molecule has 130 valence electrons. The van der Waals surface area contributed by atoms with E-state index in [-0.39, 0.29) is 5.91 Å². The van der Waals surface area contributed by atoms with Crippen molar-refractivity contribution in [2.75, 3.05) is 13.2 Å². The summed E-state index contributed by atoms with van der Waals surface area (Å²) >= 11 is 1.54. The van der Waals surface area contributed by atoms with Crippen molar-refractivity contribution in [2.45, 2.75) is 27.3 Å². The molecule has 4 nitrogen and oxygen atoms in total. The maximum Gasteiger partial charge on any atom is 0.279 e. The summed E-state index contributed by atoms with van der Waals surface area (Å²) in [6.07, 6.45) is 0. The van der Waals surface area contributed by atoms with Gasteiger partial charge < -0.3 is 9.30 Å². The Balaban J connectivity index is 2.07. The summed E-state index contributed by atoms with van der Waals surface area (Å²) in [6, 6.07) is 13.7. The van der Waals surface area contributed by atoms with Crippen molar-refractivity contribution in [3.8, 4) is 0 Å². The smallest absolute Gasteiger partial charge is 0.279 e. The predicted molar refractivity (Wildman–Crippen MR) is 102 cm³/mol. The Bertz CT molecular complexity index is 952. The summed E-state index contributed by atoms with van der Waals surface area (Å²) in [7, 11) is 0. The van der Waals surface area contributed by atoms with Crippen LogP contribution in [0, 0.1) is 13.8 Å². The van der Waals surface area contributed by atoms with Crippen LogP contribution in [0.3, 0.4) is 0 Å². The van der Waals surface area contributed by atoms with Crippen molar-refractivity contribution in [1.29, 1.82) is 0 Å². The fourth-order valence-corrected chi connectivity index (χ4v) is 3.88. The van der Waals surface area contributed by atoms with Gasteiger partial charge in [-0.05, 0) is 44.5 Å². The average molecular weight is 354 g/mol. The summed E-state index contributed by atoms with van der Waals surface area (Å²) in [5.41, 5.74) is 4.04. The Labute approximate surface area is 151 Å². The summed E-state index contributed by atoms with van der Waals surface area (Å²) in [5.74, 6) is -0.214. The number of carbonyl (C=O) groups excluding carboxylic acids is 1.